The third-order valence-electron chi connectivity index (χ3n) is 4.95. The van der Waals surface area contributed by atoms with E-state index in [-0.39, 0.29) is 25.0 Å². The zero-order chi connectivity index (χ0) is 24.0. The van der Waals surface area contributed by atoms with E-state index in [0.29, 0.717) is 11.4 Å². The van der Waals surface area contributed by atoms with Crippen LogP contribution in [0.1, 0.15) is 40.3 Å². The van der Waals surface area contributed by atoms with Crippen molar-refractivity contribution in [3.8, 4) is 16.3 Å². The lowest BCUT2D eigenvalue weighted by Crippen LogP contribution is -2.29. The second-order valence-electron chi connectivity index (χ2n) is 7.83. The summed E-state index contributed by atoms with van der Waals surface area (Å²) in [5, 5.41) is 13.2. The van der Waals surface area contributed by atoms with Gasteiger partial charge < -0.3 is 19.9 Å². The second kappa shape index (κ2) is 11.1. The molecule has 3 aromatic rings. The lowest BCUT2D eigenvalue weighted by atomic mass is 10.0. The van der Waals surface area contributed by atoms with Crippen molar-refractivity contribution in [3.63, 3.8) is 0 Å². The fourth-order valence-corrected chi connectivity index (χ4v) is 4.32. The number of amides is 1. The largest absolute Gasteiger partial charge is 0.496 e. The Balaban J connectivity index is 1.74. The Morgan fingerprint density at radius 2 is 1.88 bits per heavy atom. The molecule has 7 nitrogen and oxygen atoms in total. The Kier molecular flexibility index (Phi) is 8.19. The molecule has 0 spiro atoms. The Morgan fingerprint density at radius 3 is 2.52 bits per heavy atom. The molecule has 1 unspecified atom stereocenters. The Hall–Kier alpha value is -3.23. The molecule has 0 radical (unpaired) electrons. The number of rotatable bonds is 10. The highest BCUT2D eigenvalue weighted by molar-refractivity contribution is 7.15. The number of aliphatic carboxylic acids is 1. The van der Waals surface area contributed by atoms with E-state index in [4.69, 9.17) is 9.47 Å². The number of aryl methyl sites for hydroxylation is 1. The van der Waals surface area contributed by atoms with E-state index >= 15 is 0 Å². The molecule has 0 fully saturated rings. The molecule has 0 bridgehead atoms. The molecule has 33 heavy (non-hydrogen) atoms. The lowest BCUT2D eigenvalue weighted by Gasteiger charge is -2.18. The molecule has 0 saturated carbocycles. The number of nitrogens with zero attached hydrogens (tertiary/aromatic N) is 1. The number of carboxylic acids is 1. The van der Waals surface area contributed by atoms with Crippen LogP contribution in [0.3, 0.4) is 0 Å². The summed E-state index contributed by atoms with van der Waals surface area (Å²) in [7, 11) is 1.55. The van der Waals surface area contributed by atoms with Gasteiger partial charge in [-0.05, 0) is 32.4 Å². The van der Waals surface area contributed by atoms with Gasteiger partial charge in [0.05, 0.1) is 13.2 Å². The van der Waals surface area contributed by atoms with E-state index in [1.165, 1.54) is 11.3 Å². The summed E-state index contributed by atoms with van der Waals surface area (Å²) in [4.78, 5) is 29.8. The second-order valence-corrected chi connectivity index (χ2v) is 9.04. The maximum absolute atomic E-state index is 12.9. The topological polar surface area (TPSA) is 97.8 Å². The van der Waals surface area contributed by atoms with Crippen LogP contribution < -0.4 is 10.1 Å². The number of carboxylic acid groups (broad SMARTS) is 1. The van der Waals surface area contributed by atoms with Gasteiger partial charge in [-0.3, -0.25) is 4.79 Å². The van der Waals surface area contributed by atoms with Gasteiger partial charge in [-0.1, -0.05) is 42.5 Å². The minimum absolute atomic E-state index is 0.203. The number of hydrogen-bond acceptors (Lipinski definition) is 6. The van der Waals surface area contributed by atoms with Gasteiger partial charge in [0.2, 0.25) is 0 Å². The van der Waals surface area contributed by atoms with Crippen LogP contribution in [0.15, 0.2) is 48.5 Å². The first kappa shape index (κ1) is 24.4. The molecule has 2 N–H and O–H groups in total. The normalized spacial score (nSPS) is 11.9. The van der Waals surface area contributed by atoms with E-state index in [2.05, 4.69) is 10.3 Å². The number of methoxy groups -OCH3 is 1. The molecule has 0 aliphatic heterocycles. The van der Waals surface area contributed by atoms with E-state index in [9.17, 15) is 14.7 Å². The summed E-state index contributed by atoms with van der Waals surface area (Å²) in [6.07, 6.45) is -0.940. The molecular weight excluding hydrogens is 440 g/mol. The Bertz CT molecular complexity index is 1110. The van der Waals surface area contributed by atoms with E-state index in [1.54, 1.807) is 33.1 Å². The van der Waals surface area contributed by atoms with Gasteiger partial charge >= 0.3 is 5.97 Å². The third kappa shape index (κ3) is 6.40. The van der Waals surface area contributed by atoms with E-state index in [1.807, 2.05) is 43.3 Å². The maximum Gasteiger partial charge on any atom is 0.333 e. The molecule has 0 saturated heterocycles. The molecule has 2 aromatic carbocycles. The molecule has 0 aliphatic rings. The van der Waals surface area contributed by atoms with Crippen LogP contribution in [0.4, 0.5) is 0 Å². The SMILES string of the molecule is COc1ccc(CC(OC(C)C)C(=O)O)cc1CNC(=O)c1nc(-c2ccccc2)sc1C. The van der Waals surface area contributed by atoms with Crippen molar-refractivity contribution in [1.29, 1.82) is 0 Å². The molecule has 3 rings (SSSR count). The summed E-state index contributed by atoms with van der Waals surface area (Å²) in [5.41, 5.74) is 2.89. The van der Waals surface area contributed by atoms with Crippen LogP contribution in [0.5, 0.6) is 5.75 Å². The van der Waals surface area contributed by atoms with Crippen molar-refractivity contribution in [1.82, 2.24) is 10.3 Å². The predicted molar refractivity (Wildman–Crippen MR) is 128 cm³/mol. The summed E-state index contributed by atoms with van der Waals surface area (Å²) in [6.45, 7) is 5.69. The van der Waals surface area contributed by atoms with Crippen LogP contribution in [0.2, 0.25) is 0 Å². The predicted octanol–water partition coefficient (Wildman–Crippen LogP) is 4.48. The van der Waals surface area contributed by atoms with Gasteiger partial charge in [-0.25, -0.2) is 9.78 Å². The van der Waals surface area contributed by atoms with Crippen molar-refractivity contribution < 1.29 is 24.2 Å². The lowest BCUT2D eigenvalue weighted by molar-refractivity contribution is -0.153. The maximum atomic E-state index is 12.9. The summed E-state index contributed by atoms with van der Waals surface area (Å²) in [6, 6.07) is 15.1. The van der Waals surface area contributed by atoms with Crippen LogP contribution in [0.25, 0.3) is 10.6 Å². The molecule has 1 atom stereocenters. The summed E-state index contributed by atoms with van der Waals surface area (Å²) in [5.74, 6) is -0.678. The highest BCUT2D eigenvalue weighted by atomic mass is 32.1. The Morgan fingerprint density at radius 1 is 1.15 bits per heavy atom. The monoisotopic (exact) mass is 468 g/mol. The molecule has 0 aliphatic carbocycles. The van der Waals surface area contributed by atoms with Gasteiger partial charge in [0.1, 0.15) is 16.5 Å². The number of carbonyl (C=O) groups excluding carboxylic acids is 1. The van der Waals surface area contributed by atoms with Crippen LogP contribution in [0, 0.1) is 6.92 Å². The van der Waals surface area contributed by atoms with E-state index in [0.717, 1.165) is 26.6 Å². The minimum Gasteiger partial charge on any atom is -0.496 e. The molecule has 174 valence electrons. The Labute approximate surface area is 197 Å². The smallest absolute Gasteiger partial charge is 0.333 e. The standard InChI is InChI=1S/C25H28N2O5S/c1-15(2)32-21(25(29)30)13-17-10-11-20(31-4)19(12-17)14-26-23(28)22-16(3)33-24(27-22)18-8-6-5-7-9-18/h5-12,15,21H,13-14H2,1-4H3,(H,26,28)(H,29,30). The van der Waals surface area contributed by atoms with Crippen molar-refractivity contribution in [2.24, 2.45) is 0 Å². The first-order valence-corrected chi connectivity index (χ1v) is 11.4. The fourth-order valence-electron chi connectivity index (χ4n) is 3.40. The fraction of sp³-hybridized carbons (Fsp3) is 0.320. The molecule has 1 aromatic heterocycles. The van der Waals surface area contributed by atoms with Crippen LogP contribution in [-0.4, -0.2) is 41.3 Å². The van der Waals surface area contributed by atoms with Gasteiger partial charge in [-0.2, -0.15) is 0 Å². The number of hydrogen-bond donors (Lipinski definition) is 2. The van der Waals surface area contributed by atoms with Crippen molar-refractivity contribution >= 4 is 23.2 Å². The van der Waals surface area contributed by atoms with Gasteiger partial charge in [0.25, 0.3) is 5.91 Å². The molecular formula is C25H28N2O5S. The summed E-state index contributed by atoms with van der Waals surface area (Å²) < 4.78 is 10.9. The highest BCUT2D eigenvalue weighted by Gasteiger charge is 2.21. The van der Waals surface area contributed by atoms with Gasteiger partial charge in [-0.15, -0.1) is 11.3 Å². The zero-order valence-corrected chi connectivity index (χ0v) is 19.9. The minimum atomic E-state index is -1.01. The first-order valence-electron chi connectivity index (χ1n) is 10.6. The average molecular weight is 469 g/mol. The molecule has 8 heteroatoms. The zero-order valence-electron chi connectivity index (χ0n) is 19.1. The van der Waals surface area contributed by atoms with Crippen LogP contribution in [-0.2, 0) is 22.5 Å². The quantitative estimate of drug-likeness (QED) is 0.455. The number of benzene rings is 2. The van der Waals surface area contributed by atoms with E-state index < -0.39 is 12.1 Å². The first-order chi connectivity index (χ1) is 15.8. The highest BCUT2D eigenvalue weighted by Crippen LogP contribution is 2.28. The number of ether oxygens (including phenoxy) is 2. The van der Waals surface area contributed by atoms with Gasteiger partial charge in [0.15, 0.2) is 6.10 Å². The van der Waals surface area contributed by atoms with Gasteiger partial charge in [0, 0.05) is 29.0 Å². The van der Waals surface area contributed by atoms with Crippen molar-refractivity contribution in [2.75, 3.05) is 7.11 Å². The molecule has 1 amide bonds. The number of thiazole rings is 1. The third-order valence-corrected chi connectivity index (χ3v) is 5.97. The van der Waals surface area contributed by atoms with Crippen LogP contribution >= 0.6 is 11.3 Å². The number of carbonyl (C=O) groups is 2. The summed E-state index contributed by atoms with van der Waals surface area (Å²) >= 11 is 1.48. The average Bonchev–Trinajstić information content (AvgIpc) is 3.19. The van der Waals surface area contributed by atoms with Crippen molar-refractivity contribution in [2.45, 2.75) is 45.9 Å². The molecule has 1 heterocycles. The number of aromatic nitrogens is 1. The number of nitrogens with one attached hydrogen (secondary N) is 1. The van der Waals surface area contributed by atoms with Crippen molar-refractivity contribution in [3.05, 3.63) is 70.2 Å².